The van der Waals surface area contributed by atoms with E-state index in [0.717, 1.165) is 103 Å². The second-order valence-electron chi connectivity index (χ2n) is 16.6. The summed E-state index contributed by atoms with van der Waals surface area (Å²) in [6.07, 6.45) is 75.3. The van der Waals surface area contributed by atoms with E-state index in [4.69, 9.17) is 14.2 Å². The summed E-state index contributed by atoms with van der Waals surface area (Å²) in [6, 6.07) is 0. The summed E-state index contributed by atoms with van der Waals surface area (Å²) in [7, 11) is 0. The number of carbonyl (C=O) groups is 3. The van der Waals surface area contributed by atoms with Gasteiger partial charge in [0, 0.05) is 19.3 Å². The highest BCUT2D eigenvalue weighted by Gasteiger charge is 2.19. The molecule has 0 saturated heterocycles. The van der Waals surface area contributed by atoms with Gasteiger partial charge in [-0.3, -0.25) is 14.4 Å². The zero-order chi connectivity index (χ0) is 47.9. The van der Waals surface area contributed by atoms with E-state index >= 15 is 0 Å². The minimum atomic E-state index is -0.819. The average Bonchev–Trinajstić information content (AvgIpc) is 3.31. The van der Waals surface area contributed by atoms with Crippen LogP contribution in [0.5, 0.6) is 0 Å². The van der Waals surface area contributed by atoms with Gasteiger partial charge in [0.15, 0.2) is 6.10 Å². The predicted octanol–water partition coefficient (Wildman–Crippen LogP) is 17.3. The standard InChI is InChI=1S/C60H92O6/c1-4-7-10-13-16-19-22-24-26-28-30-32-33-35-38-41-44-47-50-53-59(62)65-56-57(55-64-58(61)52-49-46-43-40-37-21-18-15-12-9-6-3)66-60(63)54-51-48-45-42-39-36-34-31-29-27-25-23-20-17-14-11-8-5-2/h7,10,13,15-20,22-35,38,57H,4-6,8-9,11-12,14,21,36-37,39-56H2,1-3H3/b10-7-,16-13-,18-15-,20-17-,22-19-,25-23-,26-24-,29-27-,30-28+,33-32-,34-31-,38-35-. The van der Waals surface area contributed by atoms with Crippen LogP contribution in [0.25, 0.3) is 0 Å². The molecule has 0 amide bonds. The Bertz CT molecular complexity index is 1510. The van der Waals surface area contributed by atoms with Crippen molar-refractivity contribution >= 4 is 17.9 Å². The average molecular weight is 909 g/mol. The monoisotopic (exact) mass is 909 g/mol. The Balaban J connectivity index is 4.57. The number of hydrogen-bond donors (Lipinski definition) is 0. The van der Waals surface area contributed by atoms with Crippen LogP contribution in [0.1, 0.15) is 194 Å². The van der Waals surface area contributed by atoms with Crippen molar-refractivity contribution in [3.63, 3.8) is 0 Å². The van der Waals surface area contributed by atoms with E-state index in [9.17, 15) is 14.4 Å². The van der Waals surface area contributed by atoms with Gasteiger partial charge in [0.05, 0.1) is 0 Å². The van der Waals surface area contributed by atoms with Crippen molar-refractivity contribution in [3.05, 3.63) is 146 Å². The third kappa shape index (κ3) is 50.3. The Hall–Kier alpha value is -4.71. The maximum atomic E-state index is 12.8. The van der Waals surface area contributed by atoms with E-state index in [1.54, 1.807) is 0 Å². The molecule has 0 aromatic rings. The summed E-state index contributed by atoms with van der Waals surface area (Å²) in [6.45, 7) is 6.32. The molecule has 368 valence electrons. The minimum Gasteiger partial charge on any atom is -0.462 e. The van der Waals surface area contributed by atoms with Gasteiger partial charge in [0.1, 0.15) is 13.2 Å². The number of carbonyl (C=O) groups excluding carboxylic acids is 3. The van der Waals surface area contributed by atoms with Crippen LogP contribution in [0.2, 0.25) is 0 Å². The van der Waals surface area contributed by atoms with E-state index in [1.807, 2.05) is 72.9 Å². The molecule has 0 aliphatic rings. The van der Waals surface area contributed by atoms with E-state index in [-0.39, 0.29) is 37.5 Å². The molecule has 0 aliphatic heterocycles. The molecule has 0 heterocycles. The molecular weight excluding hydrogens is 817 g/mol. The van der Waals surface area contributed by atoms with Crippen LogP contribution < -0.4 is 0 Å². The SMILES string of the molecule is CC\C=C/C=C\C=C/C=C\C=C\C=C/C=C\CCCCCC(=O)OCC(COC(=O)CCCCCCC/C=C\CCCC)OC(=O)CCCCCCC\C=C/C=C\C=C/C=C\CCCCC. The van der Waals surface area contributed by atoms with E-state index in [0.29, 0.717) is 19.3 Å². The van der Waals surface area contributed by atoms with E-state index in [2.05, 4.69) is 93.7 Å². The zero-order valence-corrected chi connectivity index (χ0v) is 41.9. The molecule has 1 unspecified atom stereocenters. The molecule has 0 radical (unpaired) electrons. The van der Waals surface area contributed by atoms with Gasteiger partial charge in [-0.15, -0.1) is 0 Å². The van der Waals surface area contributed by atoms with Crippen molar-refractivity contribution in [3.8, 4) is 0 Å². The summed E-state index contributed by atoms with van der Waals surface area (Å²) in [5, 5.41) is 0. The van der Waals surface area contributed by atoms with Gasteiger partial charge in [0.25, 0.3) is 0 Å². The fraction of sp³-hybridized carbons (Fsp3) is 0.550. The predicted molar refractivity (Wildman–Crippen MR) is 283 cm³/mol. The minimum absolute atomic E-state index is 0.114. The highest BCUT2D eigenvalue weighted by molar-refractivity contribution is 5.71. The van der Waals surface area contributed by atoms with Crippen molar-refractivity contribution < 1.29 is 28.6 Å². The third-order valence-corrected chi connectivity index (χ3v) is 10.3. The fourth-order valence-electron chi connectivity index (χ4n) is 6.42. The number of unbranched alkanes of at least 4 members (excludes halogenated alkanes) is 18. The van der Waals surface area contributed by atoms with Crippen molar-refractivity contribution in [2.75, 3.05) is 13.2 Å². The summed E-state index contributed by atoms with van der Waals surface area (Å²) >= 11 is 0. The van der Waals surface area contributed by atoms with Crippen LogP contribution in [-0.2, 0) is 28.6 Å². The first-order chi connectivity index (χ1) is 32.5. The number of hydrogen-bond acceptors (Lipinski definition) is 6. The molecule has 0 fully saturated rings. The second-order valence-corrected chi connectivity index (χ2v) is 16.6. The normalized spacial score (nSPS) is 13.3. The topological polar surface area (TPSA) is 78.9 Å². The Morgan fingerprint density at radius 2 is 0.621 bits per heavy atom. The van der Waals surface area contributed by atoms with Gasteiger partial charge >= 0.3 is 17.9 Å². The van der Waals surface area contributed by atoms with Crippen molar-refractivity contribution in [2.24, 2.45) is 0 Å². The summed E-state index contributed by atoms with van der Waals surface area (Å²) in [5.41, 5.74) is 0. The number of ether oxygens (including phenoxy) is 3. The molecule has 1 atom stereocenters. The second kappa shape index (κ2) is 52.9. The van der Waals surface area contributed by atoms with Gasteiger partial charge < -0.3 is 14.2 Å². The molecule has 0 aromatic carbocycles. The molecule has 66 heavy (non-hydrogen) atoms. The van der Waals surface area contributed by atoms with Crippen LogP contribution >= 0.6 is 0 Å². The van der Waals surface area contributed by atoms with E-state index < -0.39 is 6.10 Å². The van der Waals surface area contributed by atoms with Crippen LogP contribution in [0.4, 0.5) is 0 Å². The molecule has 0 N–H and O–H groups in total. The van der Waals surface area contributed by atoms with Gasteiger partial charge in [-0.25, -0.2) is 0 Å². The Morgan fingerprint density at radius 3 is 1.03 bits per heavy atom. The maximum Gasteiger partial charge on any atom is 0.306 e. The number of allylic oxidation sites excluding steroid dienone is 24. The van der Waals surface area contributed by atoms with Gasteiger partial charge in [-0.2, -0.15) is 0 Å². The largest absolute Gasteiger partial charge is 0.462 e. The summed E-state index contributed by atoms with van der Waals surface area (Å²) in [5.74, 6) is -1.00. The molecule has 0 saturated carbocycles. The van der Waals surface area contributed by atoms with Gasteiger partial charge in [0.2, 0.25) is 0 Å². The highest BCUT2D eigenvalue weighted by atomic mass is 16.6. The molecule has 0 aliphatic carbocycles. The van der Waals surface area contributed by atoms with Gasteiger partial charge in [-0.05, 0) is 83.5 Å². The quantitative estimate of drug-likeness (QED) is 0.0199. The first-order valence-corrected chi connectivity index (χ1v) is 26.0. The number of esters is 3. The third-order valence-electron chi connectivity index (χ3n) is 10.3. The highest BCUT2D eigenvalue weighted by Crippen LogP contribution is 2.12. The van der Waals surface area contributed by atoms with Crippen LogP contribution in [0.15, 0.2) is 146 Å². The Kier molecular flexibility index (Phi) is 49.1. The molecule has 6 heteroatoms. The smallest absolute Gasteiger partial charge is 0.306 e. The first kappa shape index (κ1) is 61.3. The van der Waals surface area contributed by atoms with Crippen LogP contribution in [0, 0.1) is 0 Å². The van der Waals surface area contributed by atoms with Gasteiger partial charge in [-0.1, -0.05) is 237 Å². The Labute approximate surface area is 404 Å². The van der Waals surface area contributed by atoms with E-state index in [1.165, 1.54) is 44.9 Å². The summed E-state index contributed by atoms with van der Waals surface area (Å²) in [4.78, 5) is 38.0. The maximum absolute atomic E-state index is 12.8. The molecule has 0 rings (SSSR count). The first-order valence-electron chi connectivity index (χ1n) is 26.0. The molecule has 6 nitrogen and oxygen atoms in total. The van der Waals surface area contributed by atoms with Crippen molar-refractivity contribution in [2.45, 2.75) is 200 Å². The van der Waals surface area contributed by atoms with Crippen LogP contribution in [0.3, 0.4) is 0 Å². The lowest BCUT2D eigenvalue weighted by molar-refractivity contribution is -0.167. The Morgan fingerprint density at radius 1 is 0.318 bits per heavy atom. The lowest BCUT2D eigenvalue weighted by Crippen LogP contribution is -2.30. The van der Waals surface area contributed by atoms with Crippen molar-refractivity contribution in [1.82, 2.24) is 0 Å². The fourth-order valence-corrected chi connectivity index (χ4v) is 6.42. The van der Waals surface area contributed by atoms with Crippen molar-refractivity contribution in [1.29, 1.82) is 0 Å². The lowest BCUT2D eigenvalue weighted by Gasteiger charge is -2.18. The molecule has 0 aromatic heterocycles. The molecule has 0 spiro atoms. The zero-order valence-electron chi connectivity index (χ0n) is 41.9. The molecule has 0 bridgehead atoms. The summed E-state index contributed by atoms with van der Waals surface area (Å²) < 4.78 is 16.7. The lowest BCUT2D eigenvalue weighted by atomic mass is 10.1. The van der Waals surface area contributed by atoms with Crippen LogP contribution in [-0.4, -0.2) is 37.2 Å². The molecular formula is C60H92O6. The number of rotatable bonds is 44.